The number of rotatable bonds is 5. The molecule has 0 aliphatic rings. The highest BCUT2D eigenvalue weighted by Gasteiger charge is 2.21. The standard InChI is InChI=1S/C16H15BrO4/c1-19-13-9-8-12(15(20-2)16(13)21-3)14(18)10-4-6-11(17)7-5-10/h4-9H,1-3H3. The predicted octanol–water partition coefficient (Wildman–Crippen LogP) is 3.71. The highest BCUT2D eigenvalue weighted by molar-refractivity contribution is 9.10. The molecule has 0 N–H and O–H groups in total. The van der Waals surface area contributed by atoms with E-state index >= 15 is 0 Å². The second kappa shape index (κ2) is 6.63. The monoisotopic (exact) mass is 350 g/mol. The van der Waals surface area contributed by atoms with Crippen LogP contribution >= 0.6 is 15.9 Å². The number of benzene rings is 2. The first-order valence-electron chi connectivity index (χ1n) is 6.21. The van der Waals surface area contributed by atoms with Crippen LogP contribution < -0.4 is 14.2 Å². The Hall–Kier alpha value is -2.01. The minimum Gasteiger partial charge on any atom is -0.493 e. The van der Waals surface area contributed by atoms with Crippen molar-refractivity contribution in [3.63, 3.8) is 0 Å². The Balaban J connectivity index is 2.53. The summed E-state index contributed by atoms with van der Waals surface area (Å²) in [6, 6.07) is 10.5. The lowest BCUT2D eigenvalue weighted by molar-refractivity contribution is 0.103. The molecule has 0 saturated heterocycles. The van der Waals surface area contributed by atoms with Gasteiger partial charge in [0, 0.05) is 10.0 Å². The predicted molar refractivity (Wildman–Crippen MR) is 83.7 cm³/mol. The van der Waals surface area contributed by atoms with Gasteiger partial charge in [0.15, 0.2) is 17.3 Å². The highest BCUT2D eigenvalue weighted by atomic mass is 79.9. The van der Waals surface area contributed by atoms with Gasteiger partial charge in [-0.1, -0.05) is 15.9 Å². The number of carbonyl (C=O) groups is 1. The van der Waals surface area contributed by atoms with Crippen LogP contribution in [0.3, 0.4) is 0 Å². The second-order valence-corrected chi connectivity index (χ2v) is 5.13. The third-order valence-electron chi connectivity index (χ3n) is 3.06. The summed E-state index contributed by atoms with van der Waals surface area (Å²) in [5.41, 5.74) is 1.00. The van der Waals surface area contributed by atoms with E-state index in [0.29, 0.717) is 28.4 Å². The Labute approximate surface area is 131 Å². The molecule has 2 aromatic carbocycles. The molecule has 0 spiro atoms. The summed E-state index contributed by atoms with van der Waals surface area (Å²) in [5, 5.41) is 0. The van der Waals surface area contributed by atoms with Crippen molar-refractivity contribution >= 4 is 21.7 Å². The maximum absolute atomic E-state index is 12.6. The molecule has 0 saturated carbocycles. The lowest BCUT2D eigenvalue weighted by atomic mass is 10.0. The van der Waals surface area contributed by atoms with Gasteiger partial charge in [0.1, 0.15) is 0 Å². The van der Waals surface area contributed by atoms with Gasteiger partial charge in [-0.15, -0.1) is 0 Å². The van der Waals surface area contributed by atoms with Crippen molar-refractivity contribution < 1.29 is 19.0 Å². The average Bonchev–Trinajstić information content (AvgIpc) is 2.53. The number of halogens is 1. The lowest BCUT2D eigenvalue weighted by Gasteiger charge is -2.15. The molecule has 0 aliphatic carbocycles. The molecule has 2 aromatic rings. The fourth-order valence-electron chi connectivity index (χ4n) is 2.04. The molecular formula is C16H15BrO4. The van der Waals surface area contributed by atoms with Crippen LogP contribution in [0.15, 0.2) is 40.9 Å². The van der Waals surface area contributed by atoms with Crippen LogP contribution in [0.4, 0.5) is 0 Å². The van der Waals surface area contributed by atoms with Crippen molar-refractivity contribution in [3.8, 4) is 17.2 Å². The number of ether oxygens (including phenoxy) is 3. The lowest BCUT2D eigenvalue weighted by Crippen LogP contribution is -2.06. The van der Waals surface area contributed by atoms with Crippen molar-refractivity contribution in [3.05, 3.63) is 52.0 Å². The van der Waals surface area contributed by atoms with Crippen LogP contribution in [0.2, 0.25) is 0 Å². The SMILES string of the molecule is COc1ccc(C(=O)c2ccc(Br)cc2)c(OC)c1OC. The van der Waals surface area contributed by atoms with Crippen LogP contribution in [0.1, 0.15) is 15.9 Å². The first-order chi connectivity index (χ1) is 10.1. The summed E-state index contributed by atoms with van der Waals surface area (Å²) >= 11 is 3.35. The second-order valence-electron chi connectivity index (χ2n) is 4.22. The Bertz CT molecular complexity index is 650. The summed E-state index contributed by atoms with van der Waals surface area (Å²) in [6.07, 6.45) is 0. The number of methoxy groups -OCH3 is 3. The summed E-state index contributed by atoms with van der Waals surface area (Å²) in [7, 11) is 4.54. The van der Waals surface area contributed by atoms with Crippen LogP contribution in [-0.4, -0.2) is 27.1 Å². The molecule has 21 heavy (non-hydrogen) atoms. The van der Waals surface area contributed by atoms with E-state index in [4.69, 9.17) is 14.2 Å². The van der Waals surface area contributed by atoms with E-state index in [1.54, 1.807) is 24.3 Å². The molecule has 0 amide bonds. The molecule has 0 unspecified atom stereocenters. The van der Waals surface area contributed by atoms with Crippen LogP contribution in [0, 0.1) is 0 Å². The first-order valence-corrected chi connectivity index (χ1v) is 7.01. The zero-order valence-electron chi connectivity index (χ0n) is 12.0. The van der Waals surface area contributed by atoms with Gasteiger partial charge in [-0.05, 0) is 36.4 Å². The smallest absolute Gasteiger partial charge is 0.204 e. The normalized spacial score (nSPS) is 10.1. The molecule has 110 valence electrons. The molecule has 0 fully saturated rings. The fourth-order valence-corrected chi connectivity index (χ4v) is 2.30. The number of carbonyl (C=O) groups excluding carboxylic acids is 1. The quantitative estimate of drug-likeness (QED) is 0.771. The van der Waals surface area contributed by atoms with Crippen molar-refractivity contribution in [2.45, 2.75) is 0 Å². The minimum atomic E-state index is -0.139. The van der Waals surface area contributed by atoms with Crippen LogP contribution in [0.5, 0.6) is 17.2 Å². The Morgan fingerprint density at radius 2 is 1.48 bits per heavy atom. The van der Waals surface area contributed by atoms with Crippen LogP contribution in [0.25, 0.3) is 0 Å². The highest BCUT2D eigenvalue weighted by Crippen LogP contribution is 2.40. The summed E-state index contributed by atoms with van der Waals surface area (Å²) in [5.74, 6) is 1.15. The molecule has 0 heterocycles. The van der Waals surface area contributed by atoms with Gasteiger partial charge in [0.05, 0.1) is 26.9 Å². The van der Waals surface area contributed by atoms with E-state index < -0.39 is 0 Å². The topological polar surface area (TPSA) is 44.8 Å². The average molecular weight is 351 g/mol. The molecule has 0 radical (unpaired) electrons. The van der Waals surface area contributed by atoms with E-state index in [0.717, 1.165) is 4.47 Å². The largest absolute Gasteiger partial charge is 0.493 e. The van der Waals surface area contributed by atoms with E-state index in [-0.39, 0.29) is 5.78 Å². The fraction of sp³-hybridized carbons (Fsp3) is 0.188. The molecule has 0 bridgehead atoms. The molecule has 5 heteroatoms. The van der Waals surface area contributed by atoms with Crippen molar-refractivity contribution in [1.29, 1.82) is 0 Å². The third-order valence-corrected chi connectivity index (χ3v) is 3.58. The molecule has 0 aliphatic heterocycles. The number of ketones is 1. The summed E-state index contributed by atoms with van der Waals surface area (Å²) in [6.45, 7) is 0. The summed E-state index contributed by atoms with van der Waals surface area (Å²) < 4.78 is 16.8. The molecule has 4 nitrogen and oxygen atoms in total. The molecular weight excluding hydrogens is 336 g/mol. The number of hydrogen-bond acceptors (Lipinski definition) is 4. The van der Waals surface area contributed by atoms with E-state index in [1.165, 1.54) is 21.3 Å². The van der Waals surface area contributed by atoms with Gasteiger partial charge in [0.25, 0.3) is 0 Å². The molecule has 0 atom stereocenters. The minimum absolute atomic E-state index is 0.139. The van der Waals surface area contributed by atoms with Crippen molar-refractivity contribution in [2.75, 3.05) is 21.3 Å². The molecule has 0 aromatic heterocycles. The van der Waals surface area contributed by atoms with Crippen molar-refractivity contribution in [1.82, 2.24) is 0 Å². The Morgan fingerprint density at radius 3 is 2.00 bits per heavy atom. The van der Waals surface area contributed by atoms with Gasteiger partial charge in [-0.2, -0.15) is 0 Å². The first kappa shape index (κ1) is 15.4. The maximum atomic E-state index is 12.6. The maximum Gasteiger partial charge on any atom is 0.204 e. The molecule has 2 rings (SSSR count). The third kappa shape index (κ3) is 3.03. The van der Waals surface area contributed by atoms with Gasteiger partial charge in [0.2, 0.25) is 5.75 Å². The summed E-state index contributed by atoms with van der Waals surface area (Å²) in [4.78, 5) is 12.6. The van der Waals surface area contributed by atoms with E-state index in [2.05, 4.69) is 15.9 Å². The zero-order valence-corrected chi connectivity index (χ0v) is 13.6. The van der Waals surface area contributed by atoms with Gasteiger partial charge < -0.3 is 14.2 Å². The van der Waals surface area contributed by atoms with E-state index in [9.17, 15) is 4.79 Å². The van der Waals surface area contributed by atoms with Gasteiger partial charge in [-0.3, -0.25) is 4.79 Å². The zero-order chi connectivity index (χ0) is 15.4. The Morgan fingerprint density at radius 1 is 0.857 bits per heavy atom. The Kier molecular flexibility index (Phi) is 4.85. The van der Waals surface area contributed by atoms with Crippen LogP contribution in [-0.2, 0) is 0 Å². The van der Waals surface area contributed by atoms with Gasteiger partial charge >= 0.3 is 0 Å². The van der Waals surface area contributed by atoms with Gasteiger partial charge in [-0.25, -0.2) is 0 Å². The van der Waals surface area contributed by atoms with E-state index in [1.807, 2.05) is 12.1 Å². The van der Waals surface area contributed by atoms with Crippen molar-refractivity contribution in [2.24, 2.45) is 0 Å². The number of hydrogen-bond donors (Lipinski definition) is 0.